The summed E-state index contributed by atoms with van der Waals surface area (Å²) in [6.07, 6.45) is 6.27. The van der Waals surface area contributed by atoms with Crippen molar-refractivity contribution < 1.29 is 9.53 Å². The van der Waals surface area contributed by atoms with E-state index in [0.29, 0.717) is 12.8 Å². The number of hydrazone groups is 1. The average molecular weight is 488 g/mol. The van der Waals surface area contributed by atoms with E-state index in [-0.39, 0.29) is 24.2 Å². The standard InChI is InChI=1S/C27H33N7O2/c1-36-22-9-7-20(8-10-22)23-19-24-27-29-28-25(33(27)17-18-34(24)30-23)11-12-26(35)32-15-13-31(14-16-32)21-5-3-2-4-6-21/h2-10,17-18,23-24,27,29-30H,11-16,19H2,1H3. The molecule has 188 valence electrons. The highest BCUT2D eigenvalue weighted by Gasteiger charge is 2.44. The molecule has 2 fully saturated rings. The van der Waals surface area contributed by atoms with Gasteiger partial charge in [0.25, 0.3) is 0 Å². The summed E-state index contributed by atoms with van der Waals surface area (Å²) in [6.45, 7) is 3.27. The summed E-state index contributed by atoms with van der Waals surface area (Å²) in [5.41, 5.74) is 9.40. The molecule has 0 bridgehead atoms. The number of amidine groups is 1. The first-order valence-electron chi connectivity index (χ1n) is 12.7. The summed E-state index contributed by atoms with van der Waals surface area (Å²) in [6, 6.07) is 19.1. The van der Waals surface area contributed by atoms with Crippen LogP contribution in [0.25, 0.3) is 0 Å². The second-order valence-electron chi connectivity index (χ2n) is 9.68. The molecule has 36 heavy (non-hydrogen) atoms. The Morgan fingerprint density at radius 3 is 2.56 bits per heavy atom. The summed E-state index contributed by atoms with van der Waals surface area (Å²) < 4.78 is 5.29. The van der Waals surface area contributed by atoms with Gasteiger partial charge >= 0.3 is 0 Å². The number of ether oxygens (including phenoxy) is 1. The number of anilines is 1. The van der Waals surface area contributed by atoms with Crippen LogP contribution in [0.3, 0.4) is 0 Å². The predicted octanol–water partition coefficient (Wildman–Crippen LogP) is 2.47. The van der Waals surface area contributed by atoms with Gasteiger partial charge in [-0.15, -0.1) is 0 Å². The Hall–Kier alpha value is -3.72. The zero-order valence-corrected chi connectivity index (χ0v) is 20.6. The lowest BCUT2D eigenvalue weighted by molar-refractivity contribution is -0.131. The number of fused-ring (bicyclic) bond motifs is 3. The highest BCUT2D eigenvalue weighted by atomic mass is 16.5. The smallest absolute Gasteiger partial charge is 0.223 e. The second-order valence-corrected chi connectivity index (χ2v) is 9.68. The molecule has 0 aliphatic carbocycles. The van der Waals surface area contributed by atoms with Crippen LogP contribution in [0, 0.1) is 0 Å². The molecular weight excluding hydrogens is 454 g/mol. The molecule has 1 amide bonds. The summed E-state index contributed by atoms with van der Waals surface area (Å²) in [4.78, 5) is 19.5. The molecule has 4 aliphatic heterocycles. The van der Waals surface area contributed by atoms with Crippen LogP contribution in [-0.2, 0) is 4.79 Å². The third-order valence-electron chi connectivity index (χ3n) is 7.65. The average Bonchev–Trinajstić information content (AvgIpc) is 3.56. The first-order valence-corrected chi connectivity index (χ1v) is 12.7. The molecule has 0 spiro atoms. The van der Waals surface area contributed by atoms with Gasteiger partial charge in [0.1, 0.15) is 17.8 Å². The van der Waals surface area contributed by atoms with Crippen LogP contribution in [0.5, 0.6) is 5.75 Å². The van der Waals surface area contributed by atoms with Crippen molar-refractivity contribution in [3.63, 3.8) is 0 Å². The van der Waals surface area contributed by atoms with E-state index in [1.165, 1.54) is 11.3 Å². The van der Waals surface area contributed by atoms with Crippen molar-refractivity contribution in [3.05, 3.63) is 72.6 Å². The monoisotopic (exact) mass is 487 g/mol. The number of amides is 1. The van der Waals surface area contributed by atoms with Gasteiger partial charge in [0.05, 0.1) is 19.2 Å². The van der Waals surface area contributed by atoms with Crippen molar-refractivity contribution in [2.24, 2.45) is 5.10 Å². The summed E-state index contributed by atoms with van der Waals surface area (Å²) in [5.74, 6) is 2.00. The summed E-state index contributed by atoms with van der Waals surface area (Å²) in [5, 5.41) is 6.80. The molecule has 2 saturated heterocycles. The quantitative estimate of drug-likeness (QED) is 0.648. The van der Waals surface area contributed by atoms with Crippen LogP contribution in [0.1, 0.15) is 30.9 Å². The minimum Gasteiger partial charge on any atom is -0.497 e. The van der Waals surface area contributed by atoms with E-state index in [2.05, 4.69) is 79.6 Å². The summed E-state index contributed by atoms with van der Waals surface area (Å²) in [7, 11) is 1.69. The molecule has 3 atom stereocenters. The second kappa shape index (κ2) is 9.73. The van der Waals surface area contributed by atoms with Gasteiger partial charge in [0, 0.05) is 57.1 Å². The van der Waals surface area contributed by atoms with Crippen molar-refractivity contribution in [1.29, 1.82) is 0 Å². The maximum atomic E-state index is 13.0. The van der Waals surface area contributed by atoms with Crippen molar-refractivity contribution in [3.8, 4) is 5.75 Å². The molecule has 4 aliphatic rings. The SMILES string of the molecule is COc1ccc(C2CC3C4NN=C(CCC(=O)N5CCN(c6ccccc6)CC5)N4C=CN3N2)cc1. The Balaban J connectivity index is 1.01. The number of nitrogens with zero attached hydrogens (tertiary/aromatic N) is 5. The van der Waals surface area contributed by atoms with Gasteiger partial charge < -0.3 is 24.4 Å². The van der Waals surface area contributed by atoms with Crippen LogP contribution < -0.4 is 20.5 Å². The van der Waals surface area contributed by atoms with Gasteiger partial charge in [-0.25, -0.2) is 5.43 Å². The lowest BCUT2D eigenvalue weighted by atomic mass is 9.99. The zero-order valence-electron chi connectivity index (χ0n) is 20.6. The number of benzene rings is 2. The lowest BCUT2D eigenvalue weighted by Crippen LogP contribution is -2.54. The molecule has 3 unspecified atom stereocenters. The fourth-order valence-corrected chi connectivity index (χ4v) is 5.59. The minimum absolute atomic E-state index is 0.0604. The van der Waals surface area contributed by atoms with Crippen molar-refractivity contribution in [1.82, 2.24) is 25.7 Å². The van der Waals surface area contributed by atoms with Gasteiger partial charge in [-0.2, -0.15) is 5.10 Å². The predicted molar refractivity (Wildman–Crippen MR) is 139 cm³/mol. The molecule has 4 heterocycles. The van der Waals surface area contributed by atoms with Gasteiger partial charge in [-0.05, 0) is 36.2 Å². The lowest BCUT2D eigenvalue weighted by Gasteiger charge is -2.37. The van der Waals surface area contributed by atoms with E-state index in [0.717, 1.165) is 44.2 Å². The van der Waals surface area contributed by atoms with Crippen LogP contribution in [0.2, 0.25) is 0 Å². The number of methoxy groups -OCH3 is 1. The molecule has 0 saturated carbocycles. The number of carbonyl (C=O) groups is 1. The van der Waals surface area contributed by atoms with Gasteiger partial charge in [-0.3, -0.25) is 10.2 Å². The fraction of sp³-hybridized carbons (Fsp3) is 0.407. The molecule has 9 heteroatoms. The molecule has 0 radical (unpaired) electrons. The highest BCUT2D eigenvalue weighted by Crippen LogP contribution is 2.34. The Morgan fingerprint density at radius 1 is 1.03 bits per heavy atom. The van der Waals surface area contributed by atoms with E-state index in [1.807, 2.05) is 23.1 Å². The number of hydrogen-bond acceptors (Lipinski definition) is 8. The third-order valence-corrected chi connectivity index (χ3v) is 7.65. The molecule has 2 N–H and O–H groups in total. The highest BCUT2D eigenvalue weighted by molar-refractivity contribution is 5.89. The van der Waals surface area contributed by atoms with Crippen molar-refractivity contribution >= 4 is 17.4 Å². The van der Waals surface area contributed by atoms with Crippen LogP contribution >= 0.6 is 0 Å². The van der Waals surface area contributed by atoms with Gasteiger partial charge in [0.15, 0.2) is 0 Å². The van der Waals surface area contributed by atoms with Crippen molar-refractivity contribution in [2.45, 2.75) is 37.5 Å². The van der Waals surface area contributed by atoms with Gasteiger partial charge in [-0.1, -0.05) is 30.3 Å². The molecule has 9 nitrogen and oxygen atoms in total. The van der Waals surface area contributed by atoms with Crippen LogP contribution in [-0.4, -0.2) is 72.0 Å². The molecule has 2 aromatic carbocycles. The number of nitrogens with one attached hydrogen (secondary N) is 2. The van der Waals surface area contributed by atoms with Crippen LogP contribution in [0.15, 0.2) is 72.1 Å². The minimum atomic E-state index is 0.0604. The van der Waals surface area contributed by atoms with E-state index in [1.54, 1.807) is 7.11 Å². The van der Waals surface area contributed by atoms with E-state index >= 15 is 0 Å². The number of hydrogen-bond donors (Lipinski definition) is 2. The first-order chi connectivity index (χ1) is 17.7. The first kappa shape index (κ1) is 22.7. The normalized spacial score (nSPS) is 24.8. The number of carbonyl (C=O) groups excluding carboxylic acids is 1. The topological polar surface area (TPSA) is 75.7 Å². The molecule has 0 aromatic heterocycles. The molecule has 6 rings (SSSR count). The fourth-order valence-electron chi connectivity index (χ4n) is 5.59. The van der Waals surface area contributed by atoms with E-state index in [4.69, 9.17) is 4.74 Å². The third kappa shape index (κ3) is 4.35. The number of rotatable bonds is 6. The number of hydrazine groups is 1. The maximum absolute atomic E-state index is 13.0. The number of para-hydroxylation sites is 1. The Bertz CT molecular complexity index is 1130. The van der Waals surface area contributed by atoms with Crippen molar-refractivity contribution in [2.75, 3.05) is 38.2 Å². The van der Waals surface area contributed by atoms with Crippen LogP contribution in [0.4, 0.5) is 5.69 Å². The van der Waals surface area contributed by atoms with Gasteiger partial charge in [0.2, 0.25) is 5.91 Å². The van der Waals surface area contributed by atoms with E-state index in [9.17, 15) is 4.79 Å². The maximum Gasteiger partial charge on any atom is 0.223 e. The Kier molecular flexibility index (Phi) is 6.14. The molecular formula is C27H33N7O2. The zero-order chi connectivity index (χ0) is 24.5. The number of piperazine rings is 1. The Labute approximate surface area is 211 Å². The Morgan fingerprint density at radius 2 is 1.81 bits per heavy atom. The largest absolute Gasteiger partial charge is 0.497 e. The van der Waals surface area contributed by atoms with E-state index < -0.39 is 0 Å². The summed E-state index contributed by atoms with van der Waals surface area (Å²) >= 11 is 0. The molecule has 2 aromatic rings.